The topological polar surface area (TPSA) is 112 Å². The smallest absolute Gasteiger partial charge is 0.266 e. The van der Waals surface area contributed by atoms with Crippen LogP contribution in [0.15, 0.2) is 4.79 Å². The number of H-pyrrole nitrogens is 1. The molecule has 0 radical (unpaired) electrons. The Hall–Kier alpha value is -1.84. The lowest BCUT2D eigenvalue weighted by atomic mass is 9.88. The number of nitrogens with two attached hydrogens (primary N) is 1. The zero-order chi connectivity index (χ0) is 17.8. The minimum absolute atomic E-state index is 0. The molecule has 7 heteroatoms. The number of nitrogens with zero attached hydrogens (tertiary/aromatic N) is 1. The average Bonchev–Trinajstić information content (AvgIpc) is 2.46. The third-order valence-electron chi connectivity index (χ3n) is 4.65. The molecule has 1 unspecified atom stereocenters. The summed E-state index contributed by atoms with van der Waals surface area (Å²) in [5, 5.41) is 12.1. The highest BCUT2D eigenvalue weighted by Crippen LogP contribution is 2.17. The van der Waals surface area contributed by atoms with Crippen molar-refractivity contribution in [1.29, 1.82) is 5.26 Å². The summed E-state index contributed by atoms with van der Waals surface area (Å²) >= 11 is 0. The van der Waals surface area contributed by atoms with Gasteiger partial charge in [-0.25, -0.2) is 0 Å². The second-order valence-corrected chi connectivity index (χ2v) is 6.49. The molecule has 1 amide bonds. The van der Waals surface area contributed by atoms with Gasteiger partial charge in [-0.15, -0.1) is 12.4 Å². The van der Waals surface area contributed by atoms with E-state index >= 15 is 0 Å². The molecule has 0 saturated heterocycles. The largest absolute Gasteiger partial charge is 0.349 e. The molecule has 1 aromatic heterocycles. The highest BCUT2D eigenvalue weighted by Gasteiger charge is 2.28. The molecule has 24 heavy (non-hydrogen) atoms. The molecule has 0 aliphatic rings. The molecule has 1 heterocycles. The van der Waals surface area contributed by atoms with Crippen LogP contribution in [0.2, 0.25) is 0 Å². The van der Waals surface area contributed by atoms with Crippen molar-refractivity contribution in [2.24, 2.45) is 11.7 Å². The first-order valence-electron chi connectivity index (χ1n) is 7.79. The van der Waals surface area contributed by atoms with E-state index in [9.17, 15) is 9.59 Å². The molecule has 0 fully saturated rings. The van der Waals surface area contributed by atoms with Gasteiger partial charge in [-0.1, -0.05) is 13.8 Å². The maximum absolute atomic E-state index is 12.2. The number of rotatable bonds is 6. The fraction of sp³-hybridized carbons (Fsp3) is 0.588. The number of pyridine rings is 1. The van der Waals surface area contributed by atoms with E-state index < -0.39 is 5.54 Å². The van der Waals surface area contributed by atoms with Crippen LogP contribution >= 0.6 is 12.4 Å². The second kappa shape index (κ2) is 8.86. The molecule has 4 N–H and O–H groups in total. The van der Waals surface area contributed by atoms with Gasteiger partial charge in [-0.05, 0) is 44.2 Å². The van der Waals surface area contributed by atoms with Crippen LogP contribution in [0.3, 0.4) is 0 Å². The van der Waals surface area contributed by atoms with Crippen LogP contribution in [0.25, 0.3) is 0 Å². The number of amides is 1. The monoisotopic (exact) mass is 354 g/mol. The van der Waals surface area contributed by atoms with Crippen molar-refractivity contribution in [3.8, 4) is 6.07 Å². The van der Waals surface area contributed by atoms with Gasteiger partial charge in [0.25, 0.3) is 5.56 Å². The Bertz CT molecular complexity index is 691. The number of nitrogens with one attached hydrogen (secondary N) is 2. The standard InChI is InChI=1S/C17H26N4O2.ClH/c1-10(2)17(5,9-19)21-15(22)7-6-13-11(3)14(8-18)16(23)20-12(13)4;/h10H,6-7,9,19H2,1-5H3,(H,20,23)(H,21,22);1H. The number of aromatic amines is 1. The molecular weight excluding hydrogens is 328 g/mol. The quantitative estimate of drug-likeness (QED) is 0.721. The fourth-order valence-corrected chi connectivity index (χ4v) is 2.47. The predicted octanol–water partition coefficient (Wildman–Crippen LogP) is 1.71. The molecule has 1 aromatic rings. The number of hydrogen-bond donors (Lipinski definition) is 3. The van der Waals surface area contributed by atoms with Crippen LogP contribution in [0.4, 0.5) is 0 Å². The first-order chi connectivity index (χ1) is 10.7. The van der Waals surface area contributed by atoms with Crippen molar-refractivity contribution in [3.63, 3.8) is 0 Å². The number of aryl methyl sites for hydroxylation is 1. The lowest BCUT2D eigenvalue weighted by molar-refractivity contribution is -0.123. The summed E-state index contributed by atoms with van der Waals surface area (Å²) in [6, 6.07) is 1.92. The maximum Gasteiger partial charge on any atom is 0.266 e. The molecule has 0 bridgehead atoms. The van der Waals surface area contributed by atoms with E-state index in [1.165, 1.54) is 0 Å². The summed E-state index contributed by atoms with van der Waals surface area (Å²) in [6.45, 7) is 9.85. The van der Waals surface area contributed by atoms with E-state index in [1.807, 2.05) is 26.8 Å². The number of nitriles is 1. The zero-order valence-electron chi connectivity index (χ0n) is 14.9. The minimum atomic E-state index is -0.440. The maximum atomic E-state index is 12.2. The van der Waals surface area contributed by atoms with Gasteiger partial charge >= 0.3 is 0 Å². The molecular formula is C17H27ClN4O2. The third-order valence-corrected chi connectivity index (χ3v) is 4.65. The van der Waals surface area contributed by atoms with Gasteiger partial charge in [0.05, 0.1) is 5.54 Å². The molecule has 0 saturated carbocycles. The SMILES string of the molecule is Cc1[nH]c(=O)c(C#N)c(C)c1CCC(=O)NC(C)(CN)C(C)C.Cl. The van der Waals surface area contributed by atoms with Crippen molar-refractivity contribution in [1.82, 2.24) is 10.3 Å². The van der Waals surface area contributed by atoms with Gasteiger partial charge in [0.1, 0.15) is 11.6 Å². The van der Waals surface area contributed by atoms with E-state index in [0.717, 1.165) is 5.56 Å². The van der Waals surface area contributed by atoms with Gasteiger partial charge in [0.2, 0.25) is 5.91 Å². The molecule has 0 aliphatic heterocycles. The van der Waals surface area contributed by atoms with Crippen molar-refractivity contribution in [2.45, 2.75) is 53.0 Å². The van der Waals surface area contributed by atoms with Crippen LogP contribution in [-0.2, 0) is 11.2 Å². The van der Waals surface area contributed by atoms with Crippen LogP contribution < -0.4 is 16.6 Å². The first-order valence-corrected chi connectivity index (χ1v) is 7.79. The number of aromatic nitrogens is 1. The van der Waals surface area contributed by atoms with Gasteiger partial charge in [0, 0.05) is 18.7 Å². The highest BCUT2D eigenvalue weighted by molar-refractivity contribution is 5.85. The van der Waals surface area contributed by atoms with Gasteiger partial charge in [-0.3, -0.25) is 9.59 Å². The fourth-order valence-electron chi connectivity index (χ4n) is 2.47. The summed E-state index contributed by atoms with van der Waals surface area (Å²) in [5.41, 5.74) is 7.25. The van der Waals surface area contributed by atoms with Crippen molar-refractivity contribution < 1.29 is 4.79 Å². The average molecular weight is 355 g/mol. The van der Waals surface area contributed by atoms with E-state index in [2.05, 4.69) is 10.3 Å². The molecule has 134 valence electrons. The Morgan fingerprint density at radius 2 is 2.00 bits per heavy atom. The van der Waals surface area contributed by atoms with E-state index in [-0.39, 0.29) is 41.8 Å². The van der Waals surface area contributed by atoms with Crippen molar-refractivity contribution >= 4 is 18.3 Å². The lowest BCUT2D eigenvalue weighted by Gasteiger charge is -2.33. The van der Waals surface area contributed by atoms with Crippen LogP contribution in [0.5, 0.6) is 0 Å². The Kier molecular flexibility index (Phi) is 8.18. The lowest BCUT2D eigenvalue weighted by Crippen LogP contribution is -2.55. The normalized spacial score (nSPS) is 12.9. The summed E-state index contributed by atoms with van der Waals surface area (Å²) in [4.78, 5) is 26.6. The molecule has 0 aliphatic carbocycles. The van der Waals surface area contributed by atoms with Crippen LogP contribution in [-0.4, -0.2) is 23.0 Å². The highest BCUT2D eigenvalue weighted by atomic mass is 35.5. The molecule has 1 atom stereocenters. The Labute approximate surface area is 149 Å². The number of halogens is 1. The second-order valence-electron chi connectivity index (χ2n) is 6.49. The Balaban J connectivity index is 0.00000529. The Morgan fingerprint density at radius 1 is 1.42 bits per heavy atom. The van der Waals surface area contributed by atoms with E-state index in [1.54, 1.807) is 13.8 Å². The van der Waals surface area contributed by atoms with Crippen LogP contribution in [0.1, 0.15) is 49.6 Å². The summed E-state index contributed by atoms with van der Waals surface area (Å²) < 4.78 is 0. The first kappa shape index (κ1) is 22.2. The summed E-state index contributed by atoms with van der Waals surface area (Å²) in [7, 11) is 0. The third kappa shape index (κ3) is 4.83. The van der Waals surface area contributed by atoms with Gasteiger partial charge in [-0.2, -0.15) is 5.26 Å². The van der Waals surface area contributed by atoms with Crippen LogP contribution in [0, 0.1) is 31.1 Å². The van der Waals surface area contributed by atoms with E-state index in [4.69, 9.17) is 11.0 Å². The minimum Gasteiger partial charge on any atom is -0.349 e. The molecule has 1 rings (SSSR count). The predicted molar refractivity (Wildman–Crippen MR) is 97.3 cm³/mol. The van der Waals surface area contributed by atoms with Crippen molar-refractivity contribution in [2.75, 3.05) is 6.54 Å². The molecule has 0 aromatic carbocycles. The number of carbonyl (C=O) groups excluding carboxylic acids is 1. The van der Waals surface area contributed by atoms with Crippen molar-refractivity contribution in [3.05, 3.63) is 32.7 Å². The van der Waals surface area contributed by atoms with E-state index in [0.29, 0.717) is 24.2 Å². The molecule has 0 spiro atoms. The zero-order valence-corrected chi connectivity index (χ0v) is 15.8. The number of hydrogen-bond acceptors (Lipinski definition) is 4. The Morgan fingerprint density at radius 3 is 2.46 bits per heavy atom. The summed E-state index contributed by atoms with van der Waals surface area (Å²) in [5.74, 6) is 0.133. The molecule has 6 nitrogen and oxygen atoms in total. The number of carbonyl (C=O) groups is 1. The van der Waals surface area contributed by atoms with Gasteiger partial charge < -0.3 is 16.0 Å². The summed E-state index contributed by atoms with van der Waals surface area (Å²) in [6.07, 6.45) is 0.745. The van der Waals surface area contributed by atoms with Gasteiger partial charge in [0.15, 0.2) is 0 Å².